The molecule has 7 nitrogen and oxygen atoms in total. The maximum Gasteiger partial charge on any atom is 0.252 e. The van der Waals surface area contributed by atoms with Crippen molar-refractivity contribution in [3.05, 3.63) is 34.2 Å². The molecule has 1 rings (SSSR count). The number of amidine groups is 1. The quantitative estimate of drug-likeness (QED) is 0.255. The van der Waals surface area contributed by atoms with E-state index in [9.17, 15) is 9.59 Å². The molecule has 7 heteroatoms. The summed E-state index contributed by atoms with van der Waals surface area (Å²) < 4.78 is 0. The number of nitrogens with two attached hydrogens (primary N) is 1. The largest absolute Gasteiger partial charge is 0.409 e. The van der Waals surface area contributed by atoms with E-state index in [0.29, 0.717) is 6.42 Å². The fraction of sp³-hybridized carbons (Fsp3) is 0.364. The summed E-state index contributed by atoms with van der Waals surface area (Å²) in [7, 11) is 0. The standard InChI is InChI=1S/C11H16N4O3/c1-2-3-8(10(12)15-18)14-11(17)7-4-5-13-9(16)6-7/h4-6,8,18H,2-3H2,1H3,(H2,12,15)(H,13,16)(H,14,17). The van der Waals surface area contributed by atoms with Gasteiger partial charge >= 0.3 is 0 Å². The van der Waals surface area contributed by atoms with Crippen molar-refractivity contribution < 1.29 is 10.0 Å². The molecule has 1 amide bonds. The topological polar surface area (TPSA) is 121 Å². The summed E-state index contributed by atoms with van der Waals surface area (Å²) in [6, 6.07) is 2.11. The number of carbonyl (C=O) groups is 1. The summed E-state index contributed by atoms with van der Waals surface area (Å²) in [5, 5.41) is 14.1. The SMILES string of the molecule is CCCC(NC(=O)c1cc[nH]c(=O)c1)/C(N)=N/O. The molecule has 0 aliphatic carbocycles. The van der Waals surface area contributed by atoms with Crippen molar-refractivity contribution in [3.63, 3.8) is 0 Å². The van der Waals surface area contributed by atoms with E-state index in [1.54, 1.807) is 0 Å². The van der Waals surface area contributed by atoms with Gasteiger partial charge in [0.25, 0.3) is 5.91 Å². The average molecular weight is 252 g/mol. The monoisotopic (exact) mass is 252 g/mol. The Morgan fingerprint density at radius 1 is 1.67 bits per heavy atom. The Hall–Kier alpha value is -2.31. The highest BCUT2D eigenvalue weighted by Gasteiger charge is 2.17. The van der Waals surface area contributed by atoms with E-state index in [4.69, 9.17) is 10.9 Å². The molecule has 0 aliphatic heterocycles. The third-order valence-corrected chi connectivity index (χ3v) is 2.39. The molecule has 0 saturated carbocycles. The van der Waals surface area contributed by atoms with Crippen molar-refractivity contribution in [1.82, 2.24) is 10.3 Å². The molecule has 0 aliphatic rings. The Morgan fingerprint density at radius 2 is 2.39 bits per heavy atom. The van der Waals surface area contributed by atoms with E-state index < -0.39 is 11.9 Å². The van der Waals surface area contributed by atoms with Crippen LogP contribution in [-0.2, 0) is 0 Å². The van der Waals surface area contributed by atoms with Gasteiger partial charge in [0.1, 0.15) is 0 Å². The van der Waals surface area contributed by atoms with Crippen LogP contribution in [0.4, 0.5) is 0 Å². The van der Waals surface area contributed by atoms with Gasteiger partial charge in [0.05, 0.1) is 6.04 Å². The number of nitrogens with zero attached hydrogens (tertiary/aromatic N) is 1. The number of hydrogen-bond acceptors (Lipinski definition) is 4. The lowest BCUT2D eigenvalue weighted by atomic mass is 10.1. The summed E-state index contributed by atoms with van der Waals surface area (Å²) in [6.45, 7) is 1.91. The van der Waals surface area contributed by atoms with Crippen molar-refractivity contribution in [1.29, 1.82) is 0 Å². The summed E-state index contributed by atoms with van der Waals surface area (Å²) in [6.07, 6.45) is 2.69. The van der Waals surface area contributed by atoms with Gasteiger partial charge in [-0.25, -0.2) is 0 Å². The van der Waals surface area contributed by atoms with Crippen molar-refractivity contribution >= 4 is 11.7 Å². The molecule has 1 unspecified atom stereocenters. The van der Waals surface area contributed by atoms with Crippen molar-refractivity contribution in [2.75, 3.05) is 0 Å². The number of rotatable bonds is 5. The number of oxime groups is 1. The molecule has 1 aromatic heterocycles. The highest BCUT2D eigenvalue weighted by molar-refractivity contribution is 5.98. The van der Waals surface area contributed by atoms with Crippen LogP contribution in [0.25, 0.3) is 0 Å². The summed E-state index contributed by atoms with van der Waals surface area (Å²) in [5.74, 6) is -0.499. The molecular weight excluding hydrogens is 236 g/mol. The fourth-order valence-corrected chi connectivity index (χ4v) is 1.48. The maximum atomic E-state index is 11.8. The van der Waals surface area contributed by atoms with Gasteiger partial charge in [-0.3, -0.25) is 9.59 Å². The van der Waals surface area contributed by atoms with Gasteiger partial charge in [0, 0.05) is 17.8 Å². The smallest absolute Gasteiger partial charge is 0.252 e. The number of hydrogen-bond donors (Lipinski definition) is 4. The van der Waals surface area contributed by atoms with Crippen molar-refractivity contribution in [3.8, 4) is 0 Å². The minimum absolute atomic E-state index is 0.0601. The van der Waals surface area contributed by atoms with Crippen LogP contribution in [0.2, 0.25) is 0 Å². The van der Waals surface area contributed by atoms with Gasteiger partial charge in [-0.05, 0) is 12.5 Å². The van der Waals surface area contributed by atoms with Crippen LogP contribution in [0.3, 0.4) is 0 Å². The Balaban J connectivity index is 2.81. The molecular formula is C11H16N4O3. The number of nitrogens with one attached hydrogen (secondary N) is 2. The summed E-state index contributed by atoms with van der Waals surface area (Å²) in [4.78, 5) is 25.3. The highest BCUT2D eigenvalue weighted by Crippen LogP contribution is 2.00. The number of aromatic nitrogens is 1. The zero-order valence-corrected chi connectivity index (χ0v) is 10.0. The maximum absolute atomic E-state index is 11.8. The van der Waals surface area contributed by atoms with Gasteiger partial charge in [-0.15, -0.1) is 0 Å². The molecule has 18 heavy (non-hydrogen) atoms. The van der Waals surface area contributed by atoms with E-state index in [-0.39, 0.29) is 17.0 Å². The van der Waals surface area contributed by atoms with Crippen LogP contribution in [0, 0.1) is 0 Å². The second-order valence-corrected chi connectivity index (χ2v) is 3.78. The van der Waals surface area contributed by atoms with Crippen LogP contribution >= 0.6 is 0 Å². The molecule has 0 spiro atoms. The minimum atomic E-state index is -0.549. The Labute approximate surface area is 104 Å². The number of carbonyl (C=O) groups excluding carboxylic acids is 1. The van der Waals surface area contributed by atoms with E-state index in [1.807, 2.05) is 6.92 Å². The molecule has 1 heterocycles. The minimum Gasteiger partial charge on any atom is -0.409 e. The first-order chi connectivity index (χ1) is 8.58. The van der Waals surface area contributed by atoms with E-state index in [0.717, 1.165) is 6.42 Å². The predicted molar refractivity (Wildman–Crippen MR) is 66.6 cm³/mol. The fourth-order valence-electron chi connectivity index (χ4n) is 1.48. The molecule has 5 N–H and O–H groups in total. The van der Waals surface area contributed by atoms with Gasteiger partial charge in [0.2, 0.25) is 5.56 Å². The molecule has 98 valence electrons. The van der Waals surface area contributed by atoms with Crippen LogP contribution in [0.1, 0.15) is 30.1 Å². The van der Waals surface area contributed by atoms with Gasteiger partial charge in [0.15, 0.2) is 5.84 Å². The number of H-pyrrole nitrogens is 1. The number of pyridine rings is 1. The van der Waals surface area contributed by atoms with Crippen molar-refractivity contribution in [2.24, 2.45) is 10.9 Å². The molecule has 0 radical (unpaired) electrons. The third kappa shape index (κ3) is 3.62. The van der Waals surface area contributed by atoms with Gasteiger partial charge < -0.3 is 21.2 Å². The lowest BCUT2D eigenvalue weighted by molar-refractivity contribution is 0.0944. The lowest BCUT2D eigenvalue weighted by Crippen LogP contribution is -2.44. The normalized spacial score (nSPS) is 13.1. The average Bonchev–Trinajstić information content (AvgIpc) is 2.37. The first-order valence-electron chi connectivity index (χ1n) is 5.55. The van der Waals surface area contributed by atoms with Crippen LogP contribution in [0.15, 0.2) is 28.3 Å². The number of aromatic amines is 1. The summed E-state index contributed by atoms with van der Waals surface area (Å²) in [5.41, 5.74) is 5.34. The van der Waals surface area contributed by atoms with Crippen LogP contribution in [0.5, 0.6) is 0 Å². The third-order valence-electron chi connectivity index (χ3n) is 2.39. The number of amides is 1. The van der Waals surface area contributed by atoms with Crippen LogP contribution in [-0.4, -0.2) is 28.0 Å². The molecule has 1 aromatic rings. The first kappa shape index (κ1) is 13.8. The predicted octanol–water partition coefficient (Wildman–Crippen LogP) is 0.0198. The van der Waals surface area contributed by atoms with E-state index >= 15 is 0 Å². The highest BCUT2D eigenvalue weighted by atomic mass is 16.4. The zero-order valence-electron chi connectivity index (χ0n) is 10.0. The van der Waals surface area contributed by atoms with E-state index in [1.165, 1.54) is 18.3 Å². The van der Waals surface area contributed by atoms with Crippen LogP contribution < -0.4 is 16.6 Å². The van der Waals surface area contributed by atoms with Crippen molar-refractivity contribution in [2.45, 2.75) is 25.8 Å². The Morgan fingerprint density at radius 3 is 2.94 bits per heavy atom. The second kappa shape index (κ2) is 6.43. The molecule has 0 fully saturated rings. The molecule has 0 bridgehead atoms. The molecule has 0 aromatic carbocycles. The molecule has 1 atom stereocenters. The Kier molecular flexibility index (Phi) is 4.91. The second-order valence-electron chi connectivity index (χ2n) is 3.78. The van der Waals surface area contributed by atoms with Gasteiger partial charge in [-0.2, -0.15) is 0 Å². The zero-order chi connectivity index (χ0) is 13.5. The molecule has 0 saturated heterocycles. The summed E-state index contributed by atoms with van der Waals surface area (Å²) >= 11 is 0. The first-order valence-corrected chi connectivity index (χ1v) is 5.55. The Bertz CT molecular complexity index is 495. The lowest BCUT2D eigenvalue weighted by Gasteiger charge is -2.16. The van der Waals surface area contributed by atoms with E-state index in [2.05, 4.69) is 15.5 Å². The van der Waals surface area contributed by atoms with Gasteiger partial charge in [-0.1, -0.05) is 18.5 Å².